The van der Waals surface area contributed by atoms with E-state index in [-0.39, 0.29) is 18.6 Å². The summed E-state index contributed by atoms with van der Waals surface area (Å²) in [7, 11) is 1.71. The molecule has 1 atom stereocenters. The third-order valence-electron chi connectivity index (χ3n) is 2.46. The van der Waals surface area contributed by atoms with Gasteiger partial charge in [-0.2, -0.15) is 0 Å². The molecule has 1 heterocycles. The molecule has 15 heavy (non-hydrogen) atoms. The van der Waals surface area contributed by atoms with Crippen LogP contribution in [0.1, 0.15) is 13.3 Å². The lowest BCUT2D eigenvalue weighted by Gasteiger charge is -2.23. The van der Waals surface area contributed by atoms with Crippen LogP contribution in [0.5, 0.6) is 0 Å². The van der Waals surface area contributed by atoms with Crippen LogP contribution in [0, 0.1) is 0 Å². The second-order valence-corrected chi connectivity index (χ2v) is 3.59. The summed E-state index contributed by atoms with van der Waals surface area (Å²) in [4.78, 5) is 17.1. The Morgan fingerprint density at radius 1 is 1.67 bits per heavy atom. The molecule has 1 aromatic heterocycles. The maximum absolute atomic E-state index is 11.6. The number of amides is 1. The number of likely N-dealkylation sites (N-methyl/N-ethyl adjacent to an activating group) is 1. The molecule has 1 aromatic rings. The highest BCUT2D eigenvalue weighted by atomic mass is 16.3. The summed E-state index contributed by atoms with van der Waals surface area (Å²) in [6.45, 7) is 2.43. The number of carbonyl (C=O) groups excluding carboxylic acids is 1. The number of carbonyl (C=O) groups is 1. The van der Waals surface area contributed by atoms with Crippen molar-refractivity contribution in [1.82, 2.24) is 14.5 Å². The third kappa shape index (κ3) is 3.36. The highest BCUT2D eigenvalue weighted by Crippen LogP contribution is 2.00. The summed E-state index contributed by atoms with van der Waals surface area (Å²) < 4.78 is 1.86. The van der Waals surface area contributed by atoms with Crippen LogP contribution in [0.2, 0.25) is 0 Å². The van der Waals surface area contributed by atoms with Crippen molar-refractivity contribution < 1.29 is 9.90 Å². The van der Waals surface area contributed by atoms with E-state index >= 15 is 0 Å². The standard InChI is InChI=1S/C10H17N3O2/c1-9(7-14)12(2)10(15)3-5-13-6-4-11-8-13/h4,6,8-9,14H,3,5,7H2,1-2H3. The Morgan fingerprint density at radius 3 is 2.93 bits per heavy atom. The fourth-order valence-corrected chi connectivity index (χ4v) is 1.19. The van der Waals surface area contributed by atoms with Crippen LogP contribution in [0.25, 0.3) is 0 Å². The zero-order valence-corrected chi connectivity index (χ0v) is 9.13. The molecule has 0 fully saturated rings. The van der Waals surface area contributed by atoms with Crippen LogP contribution in [-0.4, -0.2) is 45.2 Å². The molecule has 0 aliphatic carbocycles. The van der Waals surface area contributed by atoms with Gasteiger partial charge in [-0.1, -0.05) is 0 Å². The van der Waals surface area contributed by atoms with E-state index in [1.54, 1.807) is 24.5 Å². The zero-order chi connectivity index (χ0) is 11.3. The molecule has 5 heteroatoms. The molecular formula is C10H17N3O2. The van der Waals surface area contributed by atoms with Crippen molar-refractivity contribution in [3.8, 4) is 0 Å². The molecule has 5 nitrogen and oxygen atoms in total. The average molecular weight is 211 g/mol. The Morgan fingerprint density at radius 2 is 2.40 bits per heavy atom. The van der Waals surface area contributed by atoms with Gasteiger partial charge in [0.1, 0.15) is 0 Å². The first kappa shape index (κ1) is 11.7. The fourth-order valence-electron chi connectivity index (χ4n) is 1.19. The van der Waals surface area contributed by atoms with Gasteiger partial charge in [0.25, 0.3) is 0 Å². The molecule has 0 saturated carbocycles. The summed E-state index contributed by atoms with van der Waals surface area (Å²) in [5.41, 5.74) is 0. The normalized spacial score (nSPS) is 12.5. The van der Waals surface area contributed by atoms with Gasteiger partial charge in [0.05, 0.1) is 19.0 Å². The molecule has 1 unspecified atom stereocenters. The minimum atomic E-state index is -0.125. The highest BCUT2D eigenvalue weighted by molar-refractivity contribution is 5.76. The van der Waals surface area contributed by atoms with E-state index in [1.165, 1.54) is 0 Å². The Labute approximate surface area is 89.3 Å². The first-order chi connectivity index (χ1) is 7.15. The first-order valence-electron chi connectivity index (χ1n) is 4.97. The Kier molecular flexibility index (Phi) is 4.30. The number of imidazole rings is 1. The first-order valence-corrected chi connectivity index (χ1v) is 4.97. The third-order valence-corrected chi connectivity index (χ3v) is 2.46. The van der Waals surface area contributed by atoms with Crippen molar-refractivity contribution in [1.29, 1.82) is 0 Å². The molecule has 0 radical (unpaired) electrons. The number of aromatic nitrogens is 2. The molecule has 1 rings (SSSR count). The van der Waals surface area contributed by atoms with Crippen LogP contribution in [0.15, 0.2) is 18.7 Å². The van der Waals surface area contributed by atoms with Crippen LogP contribution in [-0.2, 0) is 11.3 Å². The molecule has 84 valence electrons. The van der Waals surface area contributed by atoms with Crippen molar-refractivity contribution >= 4 is 5.91 Å². The van der Waals surface area contributed by atoms with Crippen molar-refractivity contribution in [2.24, 2.45) is 0 Å². The van der Waals surface area contributed by atoms with E-state index in [0.717, 1.165) is 0 Å². The van der Waals surface area contributed by atoms with E-state index in [0.29, 0.717) is 13.0 Å². The second kappa shape index (κ2) is 5.50. The van der Waals surface area contributed by atoms with Crippen molar-refractivity contribution in [2.45, 2.75) is 25.9 Å². The van der Waals surface area contributed by atoms with Gasteiger partial charge in [-0.3, -0.25) is 4.79 Å². The molecule has 0 saturated heterocycles. The summed E-state index contributed by atoms with van der Waals surface area (Å²) in [6.07, 6.45) is 5.62. The minimum Gasteiger partial charge on any atom is -0.394 e. The highest BCUT2D eigenvalue weighted by Gasteiger charge is 2.14. The number of aryl methyl sites for hydroxylation is 1. The van der Waals surface area contributed by atoms with Gasteiger partial charge in [0.2, 0.25) is 5.91 Å². The monoisotopic (exact) mass is 211 g/mol. The molecule has 1 N–H and O–H groups in total. The predicted octanol–water partition coefficient (Wildman–Crippen LogP) is 0.112. The predicted molar refractivity (Wildman–Crippen MR) is 56.2 cm³/mol. The summed E-state index contributed by atoms with van der Waals surface area (Å²) in [6, 6.07) is -0.125. The lowest BCUT2D eigenvalue weighted by atomic mass is 10.3. The van der Waals surface area contributed by atoms with Crippen LogP contribution < -0.4 is 0 Å². The SMILES string of the molecule is CC(CO)N(C)C(=O)CCn1ccnc1. The maximum Gasteiger partial charge on any atom is 0.224 e. The fraction of sp³-hybridized carbons (Fsp3) is 0.600. The van der Waals surface area contributed by atoms with Gasteiger partial charge in [0.15, 0.2) is 0 Å². The quantitative estimate of drug-likeness (QED) is 0.752. The molecule has 1 amide bonds. The lowest BCUT2D eigenvalue weighted by molar-refractivity contribution is -0.132. The van der Waals surface area contributed by atoms with Gasteiger partial charge in [-0.15, -0.1) is 0 Å². The largest absolute Gasteiger partial charge is 0.394 e. The molecule has 0 aromatic carbocycles. The molecule has 0 aliphatic rings. The van der Waals surface area contributed by atoms with E-state index in [4.69, 9.17) is 5.11 Å². The van der Waals surface area contributed by atoms with Crippen LogP contribution >= 0.6 is 0 Å². The lowest BCUT2D eigenvalue weighted by Crippen LogP contribution is -2.37. The van der Waals surface area contributed by atoms with Gasteiger partial charge in [0, 0.05) is 32.4 Å². The number of aliphatic hydroxyl groups excluding tert-OH is 1. The summed E-state index contributed by atoms with van der Waals surface area (Å²) in [5.74, 6) is 0.0326. The zero-order valence-electron chi connectivity index (χ0n) is 9.13. The van der Waals surface area contributed by atoms with Crippen molar-refractivity contribution in [2.75, 3.05) is 13.7 Å². The number of hydrogen-bond donors (Lipinski definition) is 1. The Balaban J connectivity index is 2.36. The van der Waals surface area contributed by atoms with Gasteiger partial charge < -0.3 is 14.6 Å². The molecule has 0 spiro atoms. The number of hydrogen-bond acceptors (Lipinski definition) is 3. The number of nitrogens with zero attached hydrogens (tertiary/aromatic N) is 3. The van der Waals surface area contributed by atoms with Crippen molar-refractivity contribution in [3.05, 3.63) is 18.7 Å². The molecule has 0 aliphatic heterocycles. The van der Waals surface area contributed by atoms with E-state index in [2.05, 4.69) is 4.98 Å². The Hall–Kier alpha value is -1.36. The van der Waals surface area contributed by atoms with Gasteiger partial charge >= 0.3 is 0 Å². The number of aliphatic hydroxyl groups is 1. The summed E-state index contributed by atoms with van der Waals surface area (Å²) >= 11 is 0. The van der Waals surface area contributed by atoms with E-state index in [9.17, 15) is 4.79 Å². The van der Waals surface area contributed by atoms with Crippen molar-refractivity contribution in [3.63, 3.8) is 0 Å². The topological polar surface area (TPSA) is 58.4 Å². The molecular weight excluding hydrogens is 194 g/mol. The smallest absolute Gasteiger partial charge is 0.224 e. The van der Waals surface area contributed by atoms with E-state index in [1.807, 2.05) is 17.7 Å². The van der Waals surface area contributed by atoms with E-state index < -0.39 is 0 Å². The second-order valence-electron chi connectivity index (χ2n) is 3.59. The van der Waals surface area contributed by atoms with Crippen LogP contribution in [0.3, 0.4) is 0 Å². The summed E-state index contributed by atoms with van der Waals surface area (Å²) in [5, 5.41) is 8.90. The number of rotatable bonds is 5. The molecule has 0 bridgehead atoms. The average Bonchev–Trinajstić information content (AvgIpc) is 2.76. The van der Waals surface area contributed by atoms with Gasteiger partial charge in [-0.05, 0) is 6.92 Å². The minimum absolute atomic E-state index is 0.00663. The Bertz CT molecular complexity index is 298. The van der Waals surface area contributed by atoms with Gasteiger partial charge in [-0.25, -0.2) is 4.98 Å². The maximum atomic E-state index is 11.6. The van der Waals surface area contributed by atoms with Crippen LogP contribution in [0.4, 0.5) is 0 Å².